The molecule has 7 heteroatoms. The lowest BCUT2D eigenvalue weighted by atomic mass is 10.2. The molecule has 1 heterocycles. The van der Waals surface area contributed by atoms with Gasteiger partial charge in [-0.05, 0) is 30.5 Å². The number of nitrogens with zero attached hydrogens (tertiary/aromatic N) is 1. The highest BCUT2D eigenvalue weighted by molar-refractivity contribution is 9.10. The van der Waals surface area contributed by atoms with Gasteiger partial charge in [0.2, 0.25) is 0 Å². The fourth-order valence-electron chi connectivity index (χ4n) is 1.88. The summed E-state index contributed by atoms with van der Waals surface area (Å²) in [5, 5.41) is 10.7. The molecule has 0 aliphatic heterocycles. The average Bonchev–Trinajstić information content (AvgIpc) is 2.67. The SMILES string of the molecule is CC(O)C(OS(C)(=O)=O)n1ccc2ccc(Br)cc21. The Hall–Kier alpha value is -0.890. The Kier molecular flexibility index (Phi) is 4.00. The summed E-state index contributed by atoms with van der Waals surface area (Å²) in [5.41, 5.74) is 0.781. The van der Waals surface area contributed by atoms with Gasteiger partial charge in [-0.25, -0.2) is 4.18 Å². The fourth-order valence-corrected chi connectivity index (χ4v) is 2.84. The highest BCUT2D eigenvalue weighted by Crippen LogP contribution is 2.26. The Morgan fingerprint density at radius 1 is 1.37 bits per heavy atom. The number of aromatic nitrogens is 1. The van der Waals surface area contributed by atoms with Crippen molar-refractivity contribution in [2.24, 2.45) is 0 Å². The minimum absolute atomic E-state index is 0.781. The first-order chi connectivity index (χ1) is 8.78. The molecular weight excluding hydrogens is 334 g/mol. The Balaban J connectivity index is 2.53. The van der Waals surface area contributed by atoms with Crippen LogP contribution >= 0.6 is 15.9 Å². The van der Waals surface area contributed by atoms with E-state index in [-0.39, 0.29) is 0 Å². The van der Waals surface area contributed by atoms with Crippen LogP contribution in [0.4, 0.5) is 0 Å². The number of aliphatic hydroxyl groups excluding tert-OH is 1. The number of hydrogen-bond acceptors (Lipinski definition) is 4. The van der Waals surface area contributed by atoms with E-state index in [9.17, 15) is 13.5 Å². The molecule has 0 amide bonds. The van der Waals surface area contributed by atoms with Gasteiger partial charge in [-0.2, -0.15) is 8.42 Å². The van der Waals surface area contributed by atoms with Gasteiger partial charge in [0.1, 0.15) is 0 Å². The molecule has 1 aromatic heterocycles. The molecule has 0 aliphatic rings. The topological polar surface area (TPSA) is 68.5 Å². The number of aliphatic hydroxyl groups is 1. The van der Waals surface area contributed by atoms with Crippen molar-refractivity contribution in [2.75, 3.05) is 6.26 Å². The van der Waals surface area contributed by atoms with Crippen molar-refractivity contribution in [3.05, 3.63) is 34.9 Å². The summed E-state index contributed by atoms with van der Waals surface area (Å²) in [6, 6.07) is 7.47. The number of rotatable bonds is 4. The van der Waals surface area contributed by atoms with Gasteiger partial charge < -0.3 is 9.67 Å². The van der Waals surface area contributed by atoms with Crippen molar-refractivity contribution in [1.29, 1.82) is 0 Å². The van der Waals surface area contributed by atoms with Crippen LogP contribution < -0.4 is 0 Å². The van der Waals surface area contributed by atoms with E-state index in [2.05, 4.69) is 15.9 Å². The van der Waals surface area contributed by atoms with Crippen molar-refractivity contribution in [1.82, 2.24) is 4.57 Å². The zero-order chi connectivity index (χ0) is 14.2. The molecule has 2 rings (SSSR count). The molecule has 0 spiro atoms. The van der Waals surface area contributed by atoms with Gasteiger partial charge in [0.15, 0.2) is 6.23 Å². The van der Waals surface area contributed by atoms with E-state index in [0.29, 0.717) is 0 Å². The van der Waals surface area contributed by atoms with Gasteiger partial charge in [-0.3, -0.25) is 0 Å². The average molecular weight is 348 g/mol. The van der Waals surface area contributed by atoms with Crippen LogP contribution in [0, 0.1) is 0 Å². The molecule has 0 bridgehead atoms. The van der Waals surface area contributed by atoms with Crippen molar-refractivity contribution in [3.63, 3.8) is 0 Å². The van der Waals surface area contributed by atoms with Crippen LogP contribution in [0.5, 0.6) is 0 Å². The predicted molar refractivity (Wildman–Crippen MR) is 76.3 cm³/mol. The zero-order valence-corrected chi connectivity index (χ0v) is 12.8. The van der Waals surface area contributed by atoms with E-state index in [1.165, 1.54) is 6.92 Å². The monoisotopic (exact) mass is 347 g/mol. The first kappa shape index (κ1) is 14.5. The van der Waals surface area contributed by atoms with Gasteiger partial charge in [0, 0.05) is 10.7 Å². The van der Waals surface area contributed by atoms with E-state index in [1.54, 1.807) is 10.8 Å². The summed E-state index contributed by atoms with van der Waals surface area (Å²) in [6.07, 6.45) is 0.704. The quantitative estimate of drug-likeness (QED) is 0.861. The molecule has 104 valence electrons. The molecular formula is C12H14BrNO4S. The van der Waals surface area contributed by atoms with Crippen LogP contribution in [0.25, 0.3) is 10.9 Å². The third-order valence-corrected chi connectivity index (χ3v) is 3.69. The lowest BCUT2D eigenvalue weighted by Crippen LogP contribution is -2.26. The summed E-state index contributed by atoms with van der Waals surface area (Å²) in [7, 11) is -3.67. The number of hydrogen-bond donors (Lipinski definition) is 1. The van der Waals surface area contributed by atoms with E-state index >= 15 is 0 Å². The molecule has 0 saturated heterocycles. The highest BCUT2D eigenvalue weighted by atomic mass is 79.9. The van der Waals surface area contributed by atoms with Crippen LogP contribution in [-0.2, 0) is 14.3 Å². The van der Waals surface area contributed by atoms with Crippen LogP contribution in [0.15, 0.2) is 34.9 Å². The smallest absolute Gasteiger partial charge is 0.266 e. The minimum atomic E-state index is -3.67. The zero-order valence-electron chi connectivity index (χ0n) is 10.4. The van der Waals surface area contributed by atoms with Crippen LogP contribution in [0.3, 0.4) is 0 Å². The van der Waals surface area contributed by atoms with E-state index < -0.39 is 22.4 Å². The fraction of sp³-hybridized carbons (Fsp3) is 0.333. The lowest BCUT2D eigenvalue weighted by molar-refractivity contribution is 0.00922. The third kappa shape index (κ3) is 3.36. The highest BCUT2D eigenvalue weighted by Gasteiger charge is 2.23. The van der Waals surface area contributed by atoms with Gasteiger partial charge in [0.05, 0.1) is 17.9 Å². The van der Waals surface area contributed by atoms with Crippen LogP contribution in [0.2, 0.25) is 0 Å². The lowest BCUT2D eigenvalue weighted by Gasteiger charge is -2.21. The van der Waals surface area contributed by atoms with Crippen molar-refractivity contribution in [3.8, 4) is 0 Å². The van der Waals surface area contributed by atoms with Crippen molar-refractivity contribution >= 4 is 37.0 Å². The van der Waals surface area contributed by atoms with Crippen molar-refractivity contribution in [2.45, 2.75) is 19.3 Å². The van der Waals surface area contributed by atoms with E-state index in [1.807, 2.05) is 24.3 Å². The predicted octanol–water partition coefficient (Wildman–Crippen LogP) is 2.26. The second kappa shape index (κ2) is 5.24. The molecule has 1 N–H and O–H groups in total. The van der Waals surface area contributed by atoms with Gasteiger partial charge >= 0.3 is 0 Å². The first-order valence-electron chi connectivity index (χ1n) is 5.60. The molecule has 2 unspecified atom stereocenters. The Morgan fingerprint density at radius 2 is 2.05 bits per heavy atom. The summed E-state index contributed by atoms with van der Waals surface area (Å²) >= 11 is 3.36. The molecule has 0 aliphatic carbocycles. The minimum Gasteiger partial charge on any atom is -0.389 e. The number of halogens is 1. The van der Waals surface area contributed by atoms with Crippen LogP contribution in [0.1, 0.15) is 13.2 Å². The Bertz CT molecular complexity index is 693. The third-order valence-electron chi connectivity index (χ3n) is 2.65. The Morgan fingerprint density at radius 3 is 2.63 bits per heavy atom. The Labute approximate surface area is 120 Å². The largest absolute Gasteiger partial charge is 0.389 e. The standard InChI is InChI=1S/C12H14BrNO4S/c1-8(15)12(18-19(2,16)17)14-6-5-9-3-4-10(13)7-11(9)14/h3-8,12,15H,1-2H3. The van der Waals surface area contributed by atoms with Gasteiger partial charge in [0.25, 0.3) is 10.1 Å². The van der Waals surface area contributed by atoms with Crippen LogP contribution in [-0.4, -0.2) is 30.5 Å². The maximum absolute atomic E-state index is 11.3. The summed E-state index contributed by atoms with van der Waals surface area (Å²) in [5.74, 6) is 0. The molecule has 0 fully saturated rings. The second-order valence-corrected chi connectivity index (χ2v) is 6.87. The molecule has 19 heavy (non-hydrogen) atoms. The van der Waals surface area contributed by atoms with Gasteiger partial charge in [-0.15, -0.1) is 0 Å². The van der Waals surface area contributed by atoms with E-state index in [4.69, 9.17) is 4.18 Å². The number of benzene rings is 1. The molecule has 0 saturated carbocycles. The maximum Gasteiger partial charge on any atom is 0.266 e. The van der Waals surface area contributed by atoms with Gasteiger partial charge in [-0.1, -0.05) is 22.0 Å². The molecule has 2 aromatic rings. The first-order valence-corrected chi connectivity index (χ1v) is 8.21. The summed E-state index contributed by atoms with van der Waals surface area (Å²) in [6.45, 7) is 1.49. The molecule has 5 nitrogen and oxygen atoms in total. The van der Waals surface area contributed by atoms with E-state index in [0.717, 1.165) is 21.6 Å². The van der Waals surface area contributed by atoms with Crippen molar-refractivity contribution < 1.29 is 17.7 Å². The number of fused-ring (bicyclic) bond motifs is 1. The summed E-state index contributed by atoms with van der Waals surface area (Å²) in [4.78, 5) is 0. The molecule has 2 atom stereocenters. The summed E-state index contributed by atoms with van der Waals surface area (Å²) < 4.78 is 30.0. The molecule has 0 radical (unpaired) electrons. The normalized spacial score (nSPS) is 15.6. The second-order valence-electron chi connectivity index (χ2n) is 4.36. The molecule has 1 aromatic carbocycles. The maximum atomic E-state index is 11.3.